The summed E-state index contributed by atoms with van der Waals surface area (Å²) in [6.07, 6.45) is -0.613. The van der Waals surface area contributed by atoms with Gasteiger partial charge >= 0.3 is 12.3 Å². The standard InChI is InChI=1S/C31H33F3O6/c1-30(21-37-22-30)20-36-18-4-2-3-5-19-38-26-12-10-25(11-13-26)29(35)39-27-14-6-23(7-15-27)24-8-16-28(17-9-24)40-31(32,33)34/h6-17H,2-5,18-22H2,1H3. The number of halogens is 3. The number of carbonyl (C=O) groups is 1. The lowest BCUT2D eigenvalue weighted by Crippen LogP contribution is -2.43. The zero-order chi connectivity index (χ0) is 28.4. The number of rotatable bonds is 14. The lowest BCUT2D eigenvalue weighted by Gasteiger charge is -2.37. The molecule has 0 unspecified atom stereocenters. The van der Waals surface area contributed by atoms with Gasteiger partial charge in [0.15, 0.2) is 0 Å². The summed E-state index contributed by atoms with van der Waals surface area (Å²) in [5, 5.41) is 0. The summed E-state index contributed by atoms with van der Waals surface area (Å²) < 4.78 is 63.1. The van der Waals surface area contributed by atoms with Gasteiger partial charge in [-0.25, -0.2) is 4.79 Å². The van der Waals surface area contributed by atoms with Gasteiger partial charge in [-0.2, -0.15) is 0 Å². The van der Waals surface area contributed by atoms with Crippen LogP contribution in [0.15, 0.2) is 72.8 Å². The predicted molar refractivity (Wildman–Crippen MR) is 144 cm³/mol. The molecule has 40 heavy (non-hydrogen) atoms. The van der Waals surface area contributed by atoms with Crippen LogP contribution in [0.4, 0.5) is 13.2 Å². The zero-order valence-electron chi connectivity index (χ0n) is 22.4. The molecule has 0 radical (unpaired) electrons. The Kier molecular flexibility index (Phi) is 10.1. The number of ether oxygens (including phenoxy) is 5. The Morgan fingerprint density at radius 3 is 1.88 bits per heavy atom. The zero-order valence-corrected chi connectivity index (χ0v) is 22.4. The molecule has 3 aromatic rings. The van der Waals surface area contributed by atoms with E-state index in [1.807, 2.05) is 0 Å². The quantitative estimate of drug-likeness (QED) is 0.116. The highest BCUT2D eigenvalue weighted by Gasteiger charge is 2.33. The van der Waals surface area contributed by atoms with E-state index in [0.29, 0.717) is 29.2 Å². The monoisotopic (exact) mass is 558 g/mol. The molecule has 1 heterocycles. The van der Waals surface area contributed by atoms with E-state index in [0.717, 1.165) is 57.7 Å². The molecule has 214 valence electrons. The van der Waals surface area contributed by atoms with E-state index in [1.165, 1.54) is 24.3 Å². The average Bonchev–Trinajstić information content (AvgIpc) is 2.91. The first-order chi connectivity index (χ1) is 19.2. The molecule has 1 aliphatic heterocycles. The molecule has 1 fully saturated rings. The average molecular weight is 559 g/mol. The van der Waals surface area contributed by atoms with Crippen LogP contribution in [0.5, 0.6) is 17.2 Å². The Morgan fingerprint density at radius 1 is 0.775 bits per heavy atom. The van der Waals surface area contributed by atoms with Crippen molar-refractivity contribution in [1.82, 2.24) is 0 Å². The maximum absolute atomic E-state index is 12.5. The second-order valence-corrected chi connectivity index (χ2v) is 10.1. The highest BCUT2D eigenvalue weighted by atomic mass is 19.4. The van der Waals surface area contributed by atoms with Gasteiger partial charge in [0.25, 0.3) is 0 Å². The third kappa shape index (κ3) is 9.27. The molecule has 0 aliphatic carbocycles. The third-order valence-corrected chi connectivity index (χ3v) is 6.38. The van der Waals surface area contributed by atoms with E-state index in [4.69, 9.17) is 18.9 Å². The molecular formula is C31H33F3O6. The molecule has 0 atom stereocenters. The van der Waals surface area contributed by atoms with E-state index in [-0.39, 0.29) is 11.2 Å². The second-order valence-electron chi connectivity index (χ2n) is 10.1. The SMILES string of the molecule is CC1(COCCCCCCOc2ccc(C(=O)Oc3ccc(-c4ccc(OC(F)(F)F)cc4)cc3)cc2)COC1. The highest BCUT2D eigenvalue weighted by Crippen LogP contribution is 2.28. The second kappa shape index (κ2) is 13.7. The van der Waals surface area contributed by atoms with Gasteiger partial charge < -0.3 is 23.7 Å². The van der Waals surface area contributed by atoms with E-state index >= 15 is 0 Å². The van der Waals surface area contributed by atoms with Crippen LogP contribution in [0, 0.1) is 5.41 Å². The fraction of sp³-hybridized carbons (Fsp3) is 0.387. The predicted octanol–water partition coefficient (Wildman–Crippen LogP) is 7.46. The van der Waals surface area contributed by atoms with Gasteiger partial charge in [-0.05, 0) is 78.9 Å². The number of benzene rings is 3. The van der Waals surface area contributed by atoms with Crippen LogP contribution in [0.1, 0.15) is 43.0 Å². The Bertz CT molecular complexity index is 1200. The van der Waals surface area contributed by atoms with Crippen LogP contribution in [0.3, 0.4) is 0 Å². The van der Waals surface area contributed by atoms with Crippen LogP contribution in [0.2, 0.25) is 0 Å². The Morgan fingerprint density at radius 2 is 1.32 bits per heavy atom. The largest absolute Gasteiger partial charge is 0.573 e. The molecule has 0 spiro atoms. The van der Waals surface area contributed by atoms with Gasteiger partial charge in [0, 0.05) is 12.0 Å². The summed E-state index contributed by atoms with van der Waals surface area (Å²) in [5.41, 5.74) is 2.04. The van der Waals surface area contributed by atoms with Crippen LogP contribution < -0.4 is 14.2 Å². The molecule has 4 rings (SSSR count). The van der Waals surface area contributed by atoms with Gasteiger partial charge in [-0.1, -0.05) is 37.6 Å². The normalized spacial score (nSPS) is 14.3. The van der Waals surface area contributed by atoms with Gasteiger partial charge in [0.1, 0.15) is 17.2 Å². The molecule has 0 N–H and O–H groups in total. The van der Waals surface area contributed by atoms with Gasteiger partial charge in [0.2, 0.25) is 0 Å². The molecule has 6 nitrogen and oxygen atoms in total. The minimum atomic E-state index is -4.74. The summed E-state index contributed by atoms with van der Waals surface area (Å²) in [5.74, 6) is 0.239. The van der Waals surface area contributed by atoms with E-state index in [1.54, 1.807) is 48.5 Å². The van der Waals surface area contributed by atoms with E-state index < -0.39 is 12.3 Å². The van der Waals surface area contributed by atoms with Crippen LogP contribution in [-0.2, 0) is 9.47 Å². The van der Waals surface area contributed by atoms with Gasteiger partial charge in [-0.15, -0.1) is 13.2 Å². The summed E-state index contributed by atoms with van der Waals surface area (Å²) >= 11 is 0. The number of hydrogen-bond acceptors (Lipinski definition) is 6. The maximum Gasteiger partial charge on any atom is 0.573 e. The number of alkyl halides is 3. The lowest BCUT2D eigenvalue weighted by atomic mass is 9.90. The highest BCUT2D eigenvalue weighted by molar-refractivity contribution is 5.91. The van der Waals surface area contributed by atoms with E-state index in [9.17, 15) is 18.0 Å². The minimum Gasteiger partial charge on any atom is -0.494 e. The van der Waals surface area contributed by atoms with Crippen molar-refractivity contribution in [3.8, 4) is 28.4 Å². The molecule has 1 aliphatic rings. The number of unbranched alkanes of at least 4 members (excludes halogenated alkanes) is 3. The molecule has 0 bridgehead atoms. The van der Waals surface area contributed by atoms with Crippen molar-refractivity contribution in [2.75, 3.05) is 33.0 Å². The van der Waals surface area contributed by atoms with Gasteiger partial charge in [0.05, 0.1) is 32.0 Å². The van der Waals surface area contributed by atoms with Crippen molar-refractivity contribution in [3.05, 3.63) is 78.4 Å². The molecule has 9 heteroatoms. The third-order valence-electron chi connectivity index (χ3n) is 6.38. The molecule has 0 saturated carbocycles. The summed E-state index contributed by atoms with van der Waals surface area (Å²) in [6.45, 7) is 5.89. The molecule has 0 aromatic heterocycles. The Labute approximate surface area is 232 Å². The topological polar surface area (TPSA) is 63.2 Å². The smallest absolute Gasteiger partial charge is 0.494 e. The van der Waals surface area contributed by atoms with Crippen molar-refractivity contribution in [2.45, 2.75) is 39.0 Å². The first-order valence-electron chi connectivity index (χ1n) is 13.3. The molecular weight excluding hydrogens is 525 g/mol. The number of esters is 1. The molecule has 3 aromatic carbocycles. The fourth-order valence-corrected chi connectivity index (χ4v) is 4.12. The van der Waals surface area contributed by atoms with Gasteiger partial charge in [-0.3, -0.25) is 0 Å². The van der Waals surface area contributed by atoms with Crippen molar-refractivity contribution < 1.29 is 41.7 Å². The van der Waals surface area contributed by atoms with Crippen molar-refractivity contribution in [2.24, 2.45) is 5.41 Å². The van der Waals surface area contributed by atoms with Crippen LogP contribution in [-0.4, -0.2) is 45.4 Å². The summed E-state index contributed by atoms with van der Waals surface area (Å²) in [6, 6.07) is 19.0. The first-order valence-corrected chi connectivity index (χ1v) is 13.3. The Balaban J connectivity index is 1.13. The molecule has 1 saturated heterocycles. The lowest BCUT2D eigenvalue weighted by molar-refractivity contribution is -0.274. The minimum absolute atomic E-state index is 0.200. The van der Waals surface area contributed by atoms with Crippen LogP contribution in [0.25, 0.3) is 11.1 Å². The van der Waals surface area contributed by atoms with Crippen molar-refractivity contribution in [1.29, 1.82) is 0 Å². The molecule has 0 amide bonds. The Hall–Kier alpha value is -3.56. The number of carbonyl (C=O) groups excluding carboxylic acids is 1. The van der Waals surface area contributed by atoms with Crippen LogP contribution >= 0.6 is 0 Å². The van der Waals surface area contributed by atoms with E-state index in [2.05, 4.69) is 11.7 Å². The van der Waals surface area contributed by atoms with Crippen molar-refractivity contribution in [3.63, 3.8) is 0 Å². The van der Waals surface area contributed by atoms with Crippen molar-refractivity contribution >= 4 is 5.97 Å². The first kappa shape index (κ1) is 29.4. The summed E-state index contributed by atoms with van der Waals surface area (Å²) in [4.78, 5) is 12.5. The number of hydrogen-bond donors (Lipinski definition) is 0. The summed E-state index contributed by atoms with van der Waals surface area (Å²) in [7, 11) is 0. The maximum atomic E-state index is 12.5. The fourth-order valence-electron chi connectivity index (χ4n) is 4.12.